The summed E-state index contributed by atoms with van der Waals surface area (Å²) in [6.07, 6.45) is 1.36. The molecule has 3 N–H and O–H groups in total. The molecule has 0 aliphatic rings. The van der Waals surface area contributed by atoms with Gasteiger partial charge in [0.15, 0.2) is 0 Å². The van der Waals surface area contributed by atoms with Crippen molar-refractivity contribution in [2.24, 2.45) is 5.84 Å². The van der Waals surface area contributed by atoms with Crippen LogP contribution in [0.3, 0.4) is 0 Å². The number of hydrazine groups is 1. The van der Waals surface area contributed by atoms with E-state index in [1.165, 1.54) is 6.07 Å². The first-order valence-corrected chi connectivity index (χ1v) is 7.23. The average molecular weight is 306 g/mol. The second kappa shape index (κ2) is 8.34. The topological polar surface area (TPSA) is 38.0 Å². The minimum atomic E-state index is -4.67. The number of alkyl halides is 3. The Bertz CT molecular complexity index is 432. The van der Waals surface area contributed by atoms with E-state index >= 15 is 0 Å². The number of unbranched alkanes of at least 4 members (excludes halogenated alkanes) is 4. The number of hydrogen-bond acceptors (Lipinski definition) is 2. The Kier molecular flexibility index (Phi) is 7.11. The van der Waals surface area contributed by atoms with Gasteiger partial charge in [0, 0.05) is 6.04 Å². The van der Waals surface area contributed by atoms with Crippen LogP contribution in [0.5, 0.6) is 0 Å². The van der Waals surface area contributed by atoms with Gasteiger partial charge in [-0.2, -0.15) is 13.2 Å². The van der Waals surface area contributed by atoms with E-state index in [0.717, 1.165) is 44.2 Å². The molecule has 0 amide bonds. The van der Waals surface area contributed by atoms with Gasteiger partial charge in [-0.25, -0.2) is 4.39 Å². The molecule has 1 aromatic rings. The molecule has 0 fully saturated rings. The zero-order valence-corrected chi connectivity index (χ0v) is 12.1. The van der Waals surface area contributed by atoms with Gasteiger partial charge in [-0.15, -0.1) is 0 Å². The van der Waals surface area contributed by atoms with E-state index in [9.17, 15) is 17.6 Å². The highest BCUT2D eigenvalue weighted by molar-refractivity contribution is 5.28. The number of benzene rings is 1. The summed E-state index contributed by atoms with van der Waals surface area (Å²) in [5, 5.41) is 0. The van der Waals surface area contributed by atoms with Gasteiger partial charge < -0.3 is 0 Å². The van der Waals surface area contributed by atoms with Crippen LogP contribution in [0, 0.1) is 5.82 Å². The van der Waals surface area contributed by atoms with Gasteiger partial charge in [-0.05, 0) is 24.1 Å². The molecule has 0 radical (unpaired) electrons. The Morgan fingerprint density at radius 3 is 2.33 bits per heavy atom. The Hall–Kier alpha value is -1.14. The van der Waals surface area contributed by atoms with Crippen molar-refractivity contribution < 1.29 is 17.6 Å². The average Bonchev–Trinajstić information content (AvgIpc) is 2.41. The lowest BCUT2D eigenvalue weighted by Crippen LogP contribution is -2.28. The number of halogens is 4. The summed E-state index contributed by atoms with van der Waals surface area (Å²) in [5.41, 5.74) is 1.74. The molecule has 0 aliphatic carbocycles. The summed E-state index contributed by atoms with van der Waals surface area (Å²) in [6, 6.07) is 2.64. The summed E-state index contributed by atoms with van der Waals surface area (Å²) in [5.74, 6) is 4.17. The largest absolute Gasteiger partial charge is 0.419 e. The van der Waals surface area contributed by atoms with Crippen LogP contribution in [-0.2, 0) is 6.18 Å². The maximum Gasteiger partial charge on any atom is 0.419 e. The fourth-order valence-corrected chi connectivity index (χ4v) is 2.28. The number of nitrogens with two attached hydrogens (primary N) is 1. The van der Waals surface area contributed by atoms with Gasteiger partial charge in [0.25, 0.3) is 0 Å². The van der Waals surface area contributed by atoms with E-state index in [-0.39, 0.29) is 6.04 Å². The van der Waals surface area contributed by atoms with Gasteiger partial charge in [0.1, 0.15) is 5.82 Å². The number of hydrogen-bond donors (Lipinski definition) is 2. The van der Waals surface area contributed by atoms with Crippen LogP contribution in [0.15, 0.2) is 18.2 Å². The molecule has 0 aliphatic heterocycles. The predicted octanol–water partition coefficient (Wildman–Crippen LogP) is 4.71. The Morgan fingerprint density at radius 2 is 1.81 bits per heavy atom. The van der Waals surface area contributed by atoms with Crippen molar-refractivity contribution >= 4 is 0 Å². The van der Waals surface area contributed by atoms with E-state index < -0.39 is 17.6 Å². The third-order valence-electron chi connectivity index (χ3n) is 3.50. The Morgan fingerprint density at radius 1 is 1.14 bits per heavy atom. The molecule has 120 valence electrons. The fraction of sp³-hybridized carbons (Fsp3) is 0.600. The molecule has 6 heteroatoms. The summed E-state index contributed by atoms with van der Waals surface area (Å²) < 4.78 is 51.1. The molecule has 0 aromatic heterocycles. The third-order valence-corrected chi connectivity index (χ3v) is 3.50. The lowest BCUT2D eigenvalue weighted by Gasteiger charge is -2.17. The Labute approximate surface area is 122 Å². The van der Waals surface area contributed by atoms with E-state index in [4.69, 9.17) is 5.84 Å². The highest BCUT2D eigenvalue weighted by Gasteiger charge is 2.34. The minimum Gasteiger partial charge on any atom is -0.271 e. The standard InChI is InChI=1S/C15H22F4N2/c1-2-3-4-5-6-7-14(21-20)11-8-9-12(13(16)10-11)15(17,18)19/h8-10,14,21H,2-7,20H2,1H3. The van der Waals surface area contributed by atoms with Crippen LogP contribution in [-0.4, -0.2) is 0 Å². The second-order valence-corrected chi connectivity index (χ2v) is 5.16. The second-order valence-electron chi connectivity index (χ2n) is 5.16. The van der Waals surface area contributed by atoms with Crippen LogP contribution in [0.2, 0.25) is 0 Å². The first-order valence-electron chi connectivity index (χ1n) is 7.23. The molecule has 0 heterocycles. The van der Waals surface area contributed by atoms with E-state index in [2.05, 4.69) is 12.3 Å². The van der Waals surface area contributed by atoms with Crippen molar-refractivity contribution in [3.8, 4) is 0 Å². The van der Waals surface area contributed by atoms with Gasteiger partial charge in [0.2, 0.25) is 0 Å². The Balaban J connectivity index is 2.67. The molecule has 0 saturated carbocycles. The van der Waals surface area contributed by atoms with Crippen molar-refractivity contribution in [2.45, 2.75) is 57.7 Å². The third kappa shape index (κ3) is 5.63. The molecular formula is C15H22F4N2. The minimum absolute atomic E-state index is 0.330. The van der Waals surface area contributed by atoms with Gasteiger partial charge in [-0.1, -0.05) is 45.1 Å². The molecule has 1 rings (SSSR count). The smallest absolute Gasteiger partial charge is 0.271 e. The van der Waals surface area contributed by atoms with Crippen molar-refractivity contribution in [1.29, 1.82) is 0 Å². The van der Waals surface area contributed by atoms with E-state index in [0.29, 0.717) is 12.0 Å². The predicted molar refractivity (Wildman–Crippen MR) is 74.8 cm³/mol. The zero-order valence-electron chi connectivity index (χ0n) is 12.1. The quantitative estimate of drug-likeness (QED) is 0.316. The molecular weight excluding hydrogens is 284 g/mol. The maximum atomic E-state index is 13.5. The molecule has 21 heavy (non-hydrogen) atoms. The molecule has 1 unspecified atom stereocenters. The van der Waals surface area contributed by atoms with Gasteiger partial charge >= 0.3 is 6.18 Å². The molecule has 1 aromatic carbocycles. The zero-order chi connectivity index (χ0) is 15.9. The summed E-state index contributed by atoms with van der Waals surface area (Å²) >= 11 is 0. The fourth-order valence-electron chi connectivity index (χ4n) is 2.28. The summed E-state index contributed by atoms with van der Waals surface area (Å²) in [6.45, 7) is 2.12. The van der Waals surface area contributed by atoms with Gasteiger partial charge in [-0.3, -0.25) is 11.3 Å². The maximum absolute atomic E-state index is 13.5. The van der Waals surface area contributed by atoms with Crippen molar-refractivity contribution in [3.63, 3.8) is 0 Å². The highest BCUT2D eigenvalue weighted by atomic mass is 19.4. The van der Waals surface area contributed by atoms with Crippen LogP contribution >= 0.6 is 0 Å². The van der Waals surface area contributed by atoms with E-state index in [1.54, 1.807) is 0 Å². The monoisotopic (exact) mass is 306 g/mol. The number of nitrogens with one attached hydrogen (secondary N) is 1. The van der Waals surface area contributed by atoms with Crippen LogP contribution in [0.25, 0.3) is 0 Å². The molecule has 2 nitrogen and oxygen atoms in total. The lowest BCUT2D eigenvalue weighted by molar-refractivity contribution is -0.140. The van der Waals surface area contributed by atoms with Crippen molar-refractivity contribution in [2.75, 3.05) is 0 Å². The van der Waals surface area contributed by atoms with Crippen LogP contribution < -0.4 is 11.3 Å². The lowest BCUT2D eigenvalue weighted by atomic mass is 9.99. The first kappa shape index (κ1) is 17.9. The molecule has 1 atom stereocenters. The summed E-state index contributed by atoms with van der Waals surface area (Å²) in [7, 11) is 0. The number of rotatable bonds is 8. The van der Waals surface area contributed by atoms with Crippen molar-refractivity contribution in [3.05, 3.63) is 35.1 Å². The van der Waals surface area contributed by atoms with Crippen molar-refractivity contribution in [1.82, 2.24) is 5.43 Å². The van der Waals surface area contributed by atoms with Crippen LogP contribution in [0.4, 0.5) is 17.6 Å². The molecule has 0 bridgehead atoms. The highest BCUT2D eigenvalue weighted by Crippen LogP contribution is 2.33. The molecule has 0 spiro atoms. The SMILES string of the molecule is CCCCCCCC(NN)c1ccc(C(F)(F)F)c(F)c1. The summed E-state index contributed by atoms with van der Waals surface area (Å²) in [4.78, 5) is 0. The van der Waals surface area contributed by atoms with Gasteiger partial charge in [0.05, 0.1) is 5.56 Å². The molecule has 0 saturated heterocycles. The van der Waals surface area contributed by atoms with Crippen LogP contribution in [0.1, 0.15) is 62.6 Å². The normalized spacial score (nSPS) is 13.4. The first-order chi connectivity index (χ1) is 9.90. The van der Waals surface area contributed by atoms with E-state index in [1.807, 2.05) is 0 Å².